The highest BCUT2D eigenvalue weighted by Gasteiger charge is 2.12. The molecular weight excluding hydrogens is 202 g/mol. The minimum absolute atomic E-state index is 0.174. The zero-order chi connectivity index (χ0) is 11.1. The molecule has 0 amide bonds. The number of hydrogen-bond donors (Lipinski definition) is 2. The van der Waals surface area contributed by atoms with Crippen molar-refractivity contribution in [1.82, 2.24) is 0 Å². The number of hydrogen-bond acceptors (Lipinski definition) is 3. The molecule has 0 unspecified atom stereocenters. The summed E-state index contributed by atoms with van der Waals surface area (Å²) < 4.78 is 5.30. The molecule has 0 spiro atoms. The third-order valence-corrected chi connectivity index (χ3v) is 2.64. The molecule has 0 bridgehead atoms. The van der Waals surface area contributed by atoms with Crippen molar-refractivity contribution in [3.8, 4) is 17.1 Å². The SMILES string of the molecule is N=C1C=c2ccc(O)c(-c3ccco3)c2=C1. The van der Waals surface area contributed by atoms with Crippen LogP contribution in [0, 0.1) is 5.41 Å². The number of nitrogens with one attached hydrogen (secondary N) is 1. The first kappa shape index (κ1) is 8.97. The zero-order valence-corrected chi connectivity index (χ0v) is 8.40. The number of phenols is 1. The molecule has 0 fully saturated rings. The molecule has 3 nitrogen and oxygen atoms in total. The van der Waals surface area contributed by atoms with Crippen LogP contribution >= 0.6 is 0 Å². The lowest BCUT2D eigenvalue weighted by atomic mass is 10.1. The summed E-state index contributed by atoms with van der Waals surface area (Å²) >= 11 is 0. The Balaban J connectivity index is 2.45. The van der Waals surface area contributed by atoms with Gasteiger partial charge in [-0.3, -0.25) is 0 Å². The molecule has 16 heavy (non-hydrogen) atoms. The zero-order valence-electron chi connectivity index (χ0n) is 8.40. The van der Waals surface area contributed by atoms with Crippen molar-refractivity contribution in [3.63, 3.8) is 0 Å². The van der Waals surface area contributed by atoms with Gasteiger partial charge in [0.1, 0.15) is 11.5 Å². The number of benzene rings is 1. The van der Waals surface area contributed by atoms with E-state index in [0.29, 0.717) is 17.0 Å². The van der Waals surface area contributed by atoms with Crippen molar-refractivity contribution in [2.45, 2.75) is 0 Å². The molecule has 1 aliphatic rings. The molecule has 1 aromatic carbocycles. The Morgan fingerprint density at radius 2 is 2.00 bits per heavy atom. The van der Waals surface area contributed by atoms with Crippen LogP contribution in [0.1, 0.15) is 0 Å². The van der Waals surface area contributed by atoms with Crippen LogP contribution in [-0.2, 0) is 0 Å². The van der Waals surface area contributed by atoms with E-state index in [1.165, 1.54) is 0 Å². The lowest BCUT2D eigenvalue weighted by Gasteiger charge is -2.01. The summed E-state index contributed by atoms with van der Waals surface area (Å²) in [6.45, 7) is 0. The summed E-state index contributed by atoms with van der Waals surface area (Å²) in [6.07, 6.45) is 5.06. The maximum Gasteiger partial charge on any atom is 0.138 e. The third kappa shape index (κ3) is 1.18. The van der Waals surface area contributed by atoms with Gasteiger partial charge in [0.2, 0.25) is 0 Å². The molecule has 0 saturated carbocycles. The first-order chi connectivity index (χ1) is 7.75. The van der Waals surface area contributed by atoms with Crippen molar-refractivity contribution < 1.29 is 9.52 Å². The minimum Gasteiger partial charge on any atom is -0.507 e. The van der Waals surface area contributed by atoms with E-state index in [0.717, 1.165) is 10.4 Å². The lowest BCUT2D eigenvalue weighted by Crippen LogP contribution is -2.23. The molecule has 0 atom stereocenters. The summed E-state index contributed by atoms with van der Waals surface area (Å²) in [5.74, 6) is 0.793. The van der Waals surface area contributed by atoms with Crippen LogP contribution in [0.4, 0.5) is 0 Å². The van der Waals surface area contributed by atoms with Crippen molar-refractivity contribution >= 4 is 17.9 Å². The smallest absolute Gasteiger partial charge is 0.138 e. The van der Waals surface area contributed by atoms with Crippen LogP contribution in [0.2, 0.25) is 0 Å². The highest BCUT2D eigenvalue weighted by atomic mass is 16.3. The molecule has 0 aliphatic heterocycles. The Morgan fingerprint density at radius 1 is 1.12 bits per heavy atom. The van der Waals surface area contributed by atoms with Gasteiger partial charge in [-0.25, -0.2) is 0 Å². The predicted molar refractivity (Wildman–Crippen MR) is 61.7 cm³/mol. The largest absolute Gasteiger partial charge is 0.507 e. The van der Waals surface area contributed by atoms with Crippen LogP contribution in [0.3, 0.4) is 0 Å². The molecule has 0 radical (unpaired) electrons. The minimum atomic E-state index is 0.174. The third-order valence-electron chi connectivity index (χ3n) is 2.64. The van der Waals surface area contributed by atoms with Gasteiger partial charge in [0, 0.05) is 0 Å². The highest BCUT2D eigenvalue weighted by molar-refractivity contribution is 6.28. The molecule has 1 aromatic heterocycles. The summed E-state index contributed by atoms with van der Waals surface area (Å²) in [7, 11) is 0. The van der Waals surface area contributed by atoms with E-state index in [-0.39, 0.29) is 5.75 Å². The Hall–Kier alpha value is -2.29. The number of rotatable bonds is 1. The van der Waals surface area contributed by atoms with Crippen LogP contribution in [0.5, 0.6) is 5.75 Å². The summed E-state index contributed by atoms with van der Waals surface area (Å²) in [6, 6.07) is 7.00. The molecule has 3 rings (SSSR count). The van der Waals surface area contributed by atoms with E-state index < -0.39 is 0 Å². The summed E-state index contributed by atoms with van der Waals surface area (Å²) in [5.41, 5.74) is 1.09. The first-order valence-electron chi connectivity index (χ1n) is 4.93. The molecule has 1 aliphatic carbocycles. The predicted octanol–water partition coefficient (Wildman–Crippen LogP) is 1.25. The number of phenolic OH excluding ortho intramolecular Hbond substituents is 1. The van der Waals surface area contributed by atoms with Crippen molar-refractivity contribution in [1.29, 1.82) is 5.41 Å². The maximum atomic E-state index is 9.87. The fourth-order valence-corrected chi connectivity index (χ4v) is 1.95. The Bertz CT molecular complexity index is 681. The molecular formula is C13H9NO2. The first-order valence-corrected chi connectivity index (χ1v) is 4.93. The van der Waals surface area contributed by atoms with Gasteiger partial charge < -0.3 is 14.9 Å². The van der Waals surface area contributed by atoms with E-state index in [2.05, 4.69) is 0 Å². The van der Waals surface area contributed by atoms with Gasteiger partial charge in [-0.1, -0.05) is 6.07 Å². The van der Waals surface area contributed by atoms with E-state index in [9.17, 15) is 5.11 Å². The number of aromatic hydroxyl groups is 1. The maximum absolute atomic E-state index is 9.87. The van der Waals surface area contributed by atoms with Crippen molar-refractivity contribution in [3.05, 3.63) is 41.0 Å². The second-order valence-corrected chi connectivity index (χ2v) is 3.68. The lowest BCUT2D eigenvalue weighted by molar-refractivity contribution is 0.473. The Labute approximate surface area is 91.5 Å². The Morgan fingerprint density at radius 3 is 2.75 bits per heavy atom. The van der Waals surface area contributed by atoms with Gasteiger partial charge in [-0.05, 0) is 40.8 Å². The summed E-state index contributed by atoms with van der Waals surface area (Å²) in [5, 5.41) is 19.3. The summed E-state index contributed by atoms with van der Waals surface area (Å²) in [4.78, 5) is 0. The molecule has 1 heterocycles. The van der Waals surface area contributed by atoms with E-state index in [1.807, 2.05) is 0 Å². The average Bonchev–Trinajstić information content (AvgIpc) is 2.85. The van der Waals surface area contributed by atoms with Gasteiger partial charge in [-0.15, -0.1) is 0 Å². The van der Waals surface area contributed by atoms with E-state index >= 15 is 0 Å². The standard InChI is InChI=1S/C13H9NO2/c14-9-6-8-3-4-11(15)13(10(8)7-9)12-2-1-5-16-12/h1-7,14-15H. The highest BCUT2D eigenvalue weighted by Crippen LogP contribution is 2.24. The fraction of sp³-hybridized carbons (Fsp3) is 0. The van der Waals surface area contributed by atoms with Crippen LogP contribution in [0.25, 0.3) is 23.5 Å². The Kier molecular flexibility index (Phi) is 1.74. The number of furan rings is 1. The van der Waals surface area contributed by atoms with Crippen LogP contribution in [-0.4, -0.2) is 10.8 Å². The van der Waals surface area contributed by atoms with Crippen LogP contribution < -0.4 is 10.4 Å². The second-order valence-electron chi connectivity index (χ2n) is 3.68. The molecule has 3 heteroatoms. The van der Waals surface area contributed by atoms with Crippen LogP contribution in [0.15, 0.2) is 34.9 Å². The molecule has 78 valence electrons. The molecule has 0 saturated heterocycles. The van der Waals surface area contributed by atoms with Gasteiger partial charge in [0.15, 0.2) is 0 Å². The van der Waals surface area contributed by atoms with Gasteiger partial charge in [0.05, 0.1) is 17.5 Å². The van der Waals surface area contributed by atoms with Gasteiger partial charge in [-0.2, -0.15) is 0 Å². The normalized spacial score (nSPS) is 13.1. The molecule has 2 aromatic rings. The topological polar surface area (TPSA) is 57.2 Å². The van der Waals surface area contributed by atoms with Gasteiger partial charge >= 0.3 is 0 Å². The molecule has 2 N–H and O–H groups in total. The van der Waals surface area contributed by atoms with Crippen molar-refractivity contribution in [2.24, 2.45) is 0 Å². The van der Waals surface area contributed by atoms with Gasteiger partial charge in [0.25, 0.3) is 0 Å². The average molecular weight is 211 g/mol. The van der Waals surface area contributed by atoms with Crippen molar-refractivity contribution in [2.75, 3.05) is 0 Å². The second kappa shape index (κ2) is 3.10. The quantitative estimate of drug-likeness (QED) is 0.745. The fourth-order valence-electron chi connectivity index (χ4n) is 1.95. The van der Waals surface area contributed by atoms with E-state index in [4.69, 9.17) is 9.83 Å². The monoisotopic (exact) mass is 211 g/mol. The number of fused-ring (bicyclic) bond motifs is 1. The van der Waals surface area contributed by atoms with E-state index in [1.54, 1.807) is 42.7 Å².